The van der Waals surface area contributed by atoms with Gasteiger partial charge >= 0.3 is 51.4 Å². The van der Waals surface area contributed by atoms with Crippen LogP contribution in [0.15, 0.2) is 60.7 Å². The number of carboxylic acid groups (broad SMARTS) is 1. The maximum atomic E-state index is 12.8. The van der Waals surface area contributed by atoms with E-state index < -0.39 is 30.9 Å². The number of allylic oxidation sites excluding steroid dienone is 4. The third-order valence-electron chi connectivity index (χ3n) is 3.22. The van der Waals surface area contributed by atoms with Crippen molar-refractivity contribution >= 4 is 5.97 Å². The molecule has 0 aromatic heterocycles. The van der Waals surface area contributed by atoms with Crippen LogP contribution in [0.3, 0.4) is 0 Å². The van der Waals surface area contributed by atoms with Crippen LogP contribution >= 0.6 is 0 Å². The van der Waals surface area contributed by atoms with Gasteiger partial charge in [0.05, 0.1) is 19.2 Å². The summed E-state index contributed by atoms with van der Waals surface area (Å²) >= 11 is 0. The summed E-state index contributed by atoms with van der Waals surface area (Å²) in [6, 6.07) is 5.43. The van der Waals surface area contributed by atoms with E-state index in [0.29, 0.717) is 5.75 Å². The minimum Gasteiger partial charge on any atom is -0.548 e. The maximum absolute atomic E-state index is 12.8. The number of carboxylic acids is 1. The minimum absolute atomic E-state index is 0. The molecule has 0 saturated heterocycles. The van der Waals surface area contributed by atoms with Crippen molar-refractivity contribution in [2.45, 2.75) is 18.3 Å². The summed E-state index contributed by atoms with van der Waals surface area (Å²) in [6.45, 7) is -1.01. The fourth-order valence-electron chi connectivity index (χ4n) is 1.79. The van der Waals surface area contributed by atoms with Crippen LogP contribution in [0, 0.1) is 17.7 Å². The van der Waals surface area contributed by atoms with Crippen molar-refractivity contribution in [3.8, 4) is 17.6 Å². The van der Waals surface area contributed by atoms with E-state index in [-0.39, 0.29) is 70.4 Å². The molecule has 1 rings (SSSR count). The van der Waals surface area contributed by atoms with Crippen LogP contribution in [0.25, 0.3) is 0 Å². The van der Waals surface area contributed by atoms with Crippen molar-refractivity contribution in [3.05, 3.63) is 66.5 Å². The summed E-state index contributed by atoms with van der Waals surface area (Å²) in [5.74, 6) is 3.99. The van der Waals surface area contributed by atoms with Gasteiger partial charge in [0.1, 0.15) is 36.5 Å². The average Bonchev–Trinajstić information content (AvgIpc) is 2.69. The standard InChI is InChI=1S/C21H23FO7.K/c22-16-9-11-18(12-10-16)29-13-17(23)7-5-3-1-2-4-6-8-19(24)20(25)14-28-15-21(26)27;/h2,4-12,17,19-20,23-25H,13-15H2,(H,26,27);/q;+1/p-1/t17-,19+,20-;/m0./s1. The summed E-state index contributed by atoms with van der Waals surface area (Å²) < 4.78 is 22.7. The molecule has 30 heavy (non-hydrogen) atoms. The van der Waals surface area contributed by atoms with Crippen molar-refractivity contribution in [1.82, 2.24) is 0 Å². The number of hydrogen-bond donors (Lipinski definition) is 3. The summed E-state index contributed by atoms with van der Waals surface area (Å²) in [6.07, 6.45) is 5.24. The first-order chi connectivity index (χ1) is 13.9. The SMILES string of the molecule is O=C([O-])COC[C@H](O)[C@H](O)C=CC=CC#CC=C[C@H](O)COc1ccc(F)cc1.[K+]. The molecular formula is C21H22FKO7. The number of aliphatic carboxylic acids is 1. The number of benzene rings is 1. The summed E-state index contributed by atoms with van der Waals surface area (Å²) in [5, 5.41) is 39.0. The Labute approximate surface area is 216 Å². The van der Waals surface area contributed by atoms with E-state index in [1.165, 1.54) is 60.7 Å². The van der Waals surface area contributed by atoms with Gasteiger partial charge in [0.25, 0.3) is 0 Å². The molecule has 7 nitrogen and oxygen atoms in total. The van der Waals surface area contributed by atoms with Gasteiger partial charge in [-0.2, -0.15) is 0 Å². The van der Waals surface area contributed by atoms with Gasteiger partial charge in [0.2, 0.25) is 0 Å². The van der Waals surface area contributed by atoms with Gasteiger partial charge in [-0.1, -0.05) is 30.1 Å². The Morgan fingerprint density at radius 2 is 1.73 bits per heavy atom. The molecule has 0 spiro atoms. The second kappa shape index (κ2) is 17.4. The molecular weight excluding hydrogens is 422 g/mol. The Morgan fingerprint density at radius 1 is 1.07 bits per heavy atom. The average molecular weight is 444 g/mol. The first kappa shape index (κ1) is 28.7. The largest absolute Gasteiger partial charge is 1.00 e. The van der Waals surface area contributed by atoms with Crippen molar-refractivity contribution in [2.75, 3.05) is 19.8 Å². The number of hydrogen-bond acceptors (Lipinski definition) is 7. The van der Waals surface area contributed by atoms with Crippen LogP contribution in [0.5, 0.6) is 5.75 Å². The number of carbonyl (C=O) groups is 1. The number of ether oxygens (including phenoxy) is 2. The van der Waals surface area contributed by atoms with E-state index in [9.17, 15) is 29.6 Å². The molecule has 3 atom stereocenters. The molecule has 0 bridgehead atoms. The zero-order valence-electron chi connectivity index (χ0n) is 16.5. The maximum Gasteiger partial charge on any atom is 1.00 e. The first-order valence-electron chi connectivity index (χ1n) is 8.59. The minimum atomic E-state index is -1.41. The summed E-state index contributed by atoms with van der Waals surface area (Å²) in [5.41, 5.74) is 0. The molecule has 1 aromatic carbocycles. The number of halogens is 1. The molecule has 0 aliphatic rings. The van der Waals surface area contributed by atoms with Crippen molar-refractivity contribution in [1.29, 1.82) is 0 Å². The van der Waals surface area contributed by atoms with E-state index in [2.05, 4.69) is 16.6 Å². The molecule has 0 fully saturated rings. The Morgan fingerprint density at radius 3 is 2.40 bits per heavy atom. The van der Waals surface area contributed by atoms with E-state index in [4.69, 9.17) is 4.74 Å². The van der Waals surface area contributed by atoms with Gasteiger partial charge in [-0.15, -0.1) is 0 Å². The van der Waals surface area contributed by atoms with E-state index >= 15 is 0 Å². The third kappa shape index (κ3) is 14.6. The van der Waals surface area contributed by atoms with Gasteiger partial charge in [-0.3, -0.25) is 0 Å². The molecule has 0 saturated carbocycles. The molecule has 0 aliphatic heterocycles. The molecule has 1 aromatic rings. The van der Waals surface area contributed by atoms with E-state index in [1.54, 1.807) is 0 Å². The van der Waals surface area contributed by atoms with Crippen LogP contribution in [0.4, 0.5) is 4.39 Å². The van der Waals surface area contributed by atoms with Gasteiger partial charge < -0.3 is 34.7 Å². The Bertz CT molecular complexity index is 766. The number of aliphatic hydroxyl groups is 3. The Hall–Kier alpha value is -1.32. The fraction of sp³-hybridized carbons (Fsp3) is 0.286. The normalized spacial score (nSPS) is 14.1. The van der Waals surface area contributed by atoms with Gasteiger partial charge in [0, 0.05) is 0 Å². The van der Waals surface area contributed by atoms with Crippen molar-refractivity contribution < 1.29 is 90.5 Å². The summed E-state index contributed by atoms with van der Waals surface area (Å²) in [7, 11) is 0. The monoisotopic (exact) mass is 444 g/mol. The number of rotatable bonds is 11. The predicted octanol–water partition coefficient (Wildman–Crippen LogP) is -3.27. The molecule has 0 aliphatic carbocycles. The Balaban J connectivity index is 0.00000841. The van der Waals surface area contributed by atoms with Crippen LogP contribution < -0.4 is 61.2 Å². The number of aliphatic hydroxyl groups excluding tert-OH is 3. The van der Waals surface area contributed by atoms with Crippen molar-refractivity contribution in [3.63, 3.8) is 0 Å². The fourth-order valence-corrected chi connectivity index (χ4v) is 1.79. The third-order valence-corrected chi connectivity index (χ3v) is 3.22. The summed E-state index contributed by atoms with van der Waals surface area (Å²) in [4.78, 5) is 10.2. The number of carbonyl (C=O) groups excluding carboxylic acids is 1. The molecule has 0 radical (unpaired) electrons. The van der Waals surface area contributed by atoms with Gasteiger partial charge in [-0.05, 0) is 42.5 Å². The van der Waals surface area contributed by atoms with Crippen LogP contribution in [-0.2, 0) is 9.53 Å². The molecule has 0 heterocycles. The van der Waals surface area contributed by atoms with Gasteiger partial charge in [0.15, 0.2) is 0 Å². The van der Waals surface area contributed by atoms with Crippen molar-refractivity contribution in [2.24, 2.45) is 0 Å². The van der Waals surface area contributed by atoms with Crippen LogP contribution in [0.2, 0.25) is 0 Å². The van der Waals surface area contributed by atoms with E-state index in [0.717, 1.165) is 0 Å². The van der Waals surface area contributed by atoms with E-state index in [1.807, 2.05) is 0 Å². The Kier molecular flexibility index (Phi) is 16.6. The molecule has 156 valence electrons. The topological polar surface area (TPSA) is 119 Å². The smallest absolute Gasteiger partial charge is 0.548 e. The molecule has 0 amide bonds. The first-order valence-corrected chi connectivity index (χ1v) is 8.59. The molecule has 0 unspecified atom stereocenters. The van der Waals surface area contributed by atoms with Gasteiger partial charge in [-0.25, -0.2) is 4.39 Å². The van der Waals surface area contributed by atoms with Crippen LogP contribution in [-0.4, -0.2) is 59.4 Å². The second-order valence-electron chi connectivity index (χ2n) is 5.67. The second-order valence-corrected chi connectivity index (χ2v) is 5.67. The predicted molar refractivity (Wildman–Crippen MR) is 101 cm³/mol. The van der Waals surface area contributed by atoms with Crippen LogP contribution in [0.1, 0.15) is 0 Å². The molecule has 9 heteroatoms. The quantitative estimate of drug-likeness (QED) is 0.186. The zero-order chi connectivity index (χ0) is 21.5. The molecule has 3 N–H and O–H groups in total. The zero-order valence-corrected chi connectivity index (χ0v) is 19.6.